The maximum atomic E-state index is 12.2. The number of aromatic amines is 1. The standard InChI is InChI=1S/C13H11N5O2/c1-8-6-15-17-11(8)16-12(19)9-7-14-10-4-2-3-5-18(10)13(9)20/h2-7H,1H3,(H2,15,16,17,19). The lowest BCUT2D eigenvalue weighted by Crippen LogP contribution is -2.26. The van der Waals surface area contributed by atoms with E-state index in [1.165, 1.54) is 10.6 Å². The number of anilines is 1. The van der Waals surface area contributed by atoms with Crippen LogP contribution in [0.1, 0.15) is 15.9 Å². The molecule has 1 amide bonds. The van der Waals surface area contributed by atoms with Crippen molar-refractivity contribution in [1.82, 2.24) is 19.6 Å². The zero-order valence-corrected chi connectivity index (χ0v) is 10.6. The molecule has 0 aliphatic rings. The number of hydrogen-bond donors (Lipinski definition) is 2. The number of aryl methyl sites for hydroxylation is 1. The molecule has 0 bridgehead atoms. The zero-order chi connectivity index (χ0) is 14.1. The van der Waals surface area contributed by atoms with Crippen molar-refractivity contribution in [2.75, 3.05) is 5.32 Å². The van der Waals surface area contributed by atoms with Gasteiger partial charge in [0.25, 0.3) is 11.5 Å². The number of rotatable bonds is 2. The van der Waals surface area contributed by atoms with Gasteiger partial charge in [-0.1, -0.05) is 6.07 Å². The van der Waals surface area contributed by atoms with Crippen LogP contribution >= 0.6 is 0 Å². The number of hydrogen-bond acceptors (Lipinski definition) is 4. The summed E-state index contributed by atoms with van der Waals surface area (Å²) in [5, 5.41) is 9.06. The SMILES string of the molecule is Cc1cn[nH]c1NC(=O)c1cnc2ccccn2c1=O. The van der Waals surface area contributed by atoms with Gasteiger partial charge in [0.1, 0.15) is 17.0 Å². The number of nitrogens with one attached hydrogen (secondary N) is 2. The maximum Gasteiger partial charge on any atom is 0.270 e. The number of H-pyrrole nitrogens is 1. The van der Waals surface area contributed by atoms with Gasteiger partial charge in [-0.3, -0.25) is 19.1 Å². The third kappa shape index (κ3) is 1.95. The predicted molar refractivity (Wildman–Crippen MR) is 72.7 cm³/mol. The van der Waals surface area contributed by atoms with E-state index in [4.69, 9.17) is 0 Å². The summed E-state index contributed by atoms with van der Waals surface area (Å²) in [5.74, 6) is -0.0549. The number of pyridine rings is 1. The van der Waals surface area contributed by atoms with E-state index >= 15 is 0 Å². The Kier molecular flexibility index (Phi) is 2.79. The summed E-state index contributed by atoms with van der Waals surface area (Å²) in [7, 11) is 0. The Morgan fingerprint density at radius 3 is 2.95 bits per heavy atom. The Balaban J connectivity index is 2.02. The lowest BCUT2D eigenvalue weighted by Gasteiger charge is -2.05. The molecule has 0 atom stereocenters. The summed E-state index contributed by atoms with van der Waals surface area (Å²) in [4.78, 5) is 28.4. The molecular weight excluding hydrogens is 258 g/mol. The number of aromatic nitrogens is 4. The van der Waals surface area contributed by atoms with Gasteiger partial charge < -0.3 is 5.32 Å². The van der Waals surface area contributed by atoms with E-state index in [1.807, 2.05) is 0 Å². The minimum Gasteiger partial charge on any atom is -0.306 e. The average molecular weight is 269 g/mol. The van der Waals surface area contributed by atoms with E-state index in [0.29, 0.717) is 11.5 Å². The summed E-state index contributed by atoms with van der Waals surface area (Å²) < 4.78 is 1.33. The van der Waals surface area contributed by atoms with Gasteiger partial charge >= 0.3 is 0 Å². The van der Waals surface area contributed by atoms with Crippen molar-refractivity contribution in [3.8, 4) is 0 Å². The second kappa shape index (κ2) is 4.61. The molecule has 0 saturated heterocycles. The van der Waals surface area contributed by atoms with Gasteiger partial charge in [0, 0.05) is 18.0 Å². The minimum absolute atomic E-state index is 0.0253. The Bertz CT molecular complexity index is 849. The molecule has 0 saturated carbocycles. The monoisotopic (exact) mass is 269 g/mol. The third-order valence-corrected chi connectivity index (χ3v) is 2.93. The van der Waals surface area contributed by atoms with Crippen LogP contribution in [-0.2, 0) is 0 Å². The zero-order valence-electron chi connectivity index (χ0n) is 10.6. The summed E-state index contributed by atoms with van der Waals surface area (Å²) in [6.45, 7) is 1.80. The van der Waals surface area contributed by atoms with Gasteiger partial charge in [0.2, 0.25) is 0 Å². The molecule has 7 nitrogen and oxygen atoms in total. The molecule has 0 fully saturated rings. The third-order valence-electron chi connectivity index (χ3n) is 2.93. The molecule has 100 valence electrons. The van der Waals surface area contributed by atoms with Crippen LogP contribution in [-0.4, -0.2) is 25.5 Å². The molecular formula is C13H11N5O2. The van der Waals surface area contributed by atoms with Crippen LogP contribution in [0.4, 0.5) is 5.82 Å². The minimum atomic E-state index is -0.520. The first-order valence-corrected chi connectivity index (χ1v) is 5.94. The number of fused-ring (bicyclic) bond motifs is 1. The molecule has 0 aromatic carbocycles. The fourth-order valence-corrected chi connectivity index (χ4v) is 1.84. The van der Waals surface area contributed by atoms with Gasteiger partial charge in [-0.2, -0.15) is 5.10 Å². The molecule has 3 aromatic heterocycles. The normalized spacial score (nSPS) is 10.7. The van der Waals surface area contributed by atoms with Gasteiger partial charge in [-0.15, -0.1) is 0 Å². The highest BCUT2D eigenvalue weighted by Crippen LogP contribution is 2.09. The molecule has 20 heavy (non-hydrogen) atoms. The molecule has 0 unspecified atom stereocenters. The topological polar surface area (TPSA) is 92.2 Å². The number of carbonyl (C=O) groups excluding carboxylic acids is 1. The van der Waals surface area contributed by atoms with E-state index < -0.39 is 11.5 Å². The number of carbonyl (C=O) groups is 1. The van der Waals surface area contributed by atoms with Gasteiger partial charge in [0.15, 0.2) is 0 Å². The molecule has 0 aliphatic heterocycles. The van der Waals surface area contributed by atoms with Gasteiger partial charge in [0.05, 0.1) is 6.20 Å². The highest BCUT2D eigenvalue weighted by atomic mass is 16.2. The van der Waals surface area contributed by atoms with E-state index in [9.17, 15) is 9.59 Å². The predicted octanol–water partition coefficient (Wildman–Crippen LogP) is 0.978. The number of amides is 1. The van der Waals surface area contributed by atoms with E-state index in [1.54, 1.807) is 37.5 Å². The largest absolute Gasteiger partial charge is 0.306 e. The molecule has 0 spiro atoms. The Labute approximate surface area is 113 Å². The molecule has 2 N–H and O–H groups in total. The van der Waals surface area contributed by atoms with Crippen molar-refractivity contribution in [1.29, 1.82) is 0 Å². The van der Waals surface area contributed by atoms with Crippen molar-refractivity contribution in [3.63, 3.8) is 0 Å². The molecule has 0 radical (unpaired) electrons. The van der Waals surface area contributed by atoms with Crippen molar-refractivity contribution >= 4 is 17.4 Å². The highest BCUT2D eigenvalue weighted by molar-refractivity contribution is 6.03. The van der Waals surface area contributed by atoms with Crippen LogP contribution in [0.5, 0.6) is 0 Å². The average Bonchev–Trinajstić information content (AvgIpc) is 2.85. The first-order valence-electron chi connectivity index (χ1n) is 5.94. The number of nitrogens with zero attached hydrogens (tertiary/aromatic N) is 3. The second-order valence-electron chi connectivity index (χ2n) is 4.29. The smallest absolute Gasteiger partial charge is 0.270 e. The van der Waals surface area contributed by atoms with Crippen molar-refractivity contribution in [3.05, 3.63) is 58.3 Å². The Hall–Kier alpha value is -2.96. The van der Waals surface area contributed by atoms with Crippen LogP contribution in [0.3, 0.4) is 0 Å². The van der Waals surface area contributed by atoms with Crippen LogP contribution in [0.2, 0.25) is 0 Å². The van der Waals surface area contributed by atoms with Crippen molar-refractivity contribution in [2.24, 2.45) is 0 Å². The van der Waals surface area contributed by atoms with Crippen molar-refractivity contribution in [2.45, 2.75) is 6.92 Å². The van der Waals surface area contributed by atoms with Gasteiger partial charge in [-0.25, -0.2) is 4.98 Å². The summed E-state index contributed by atoms with van der Waals surface area (Å²) >= 11 is 0. The fourth-order valence-electron chi connectivity index (χ4n) is 1.84. The second-order valence-corrected chi connectivity index (χ2v) is 4.29. The highest BCUT2D eigenvalue weighted by Gasteiger charge is 2.14. The molecule has 3 heterocycles. The quantitative estimate of drug-likeness (QED) is 0.725. The molecule has 3 aromatic rings. The lowest BCUT2D eigenvalue weighted by molar-refractivity contribution is 0.102. The Morgan fingerprint density at radius 1 is 1.35 bits per heavy atom. The summed E-state index contributed by atoms with van der Waals surface area (Å²) in [5.41, 5.74) is 0.840. The van der Waals surface area contributed by atoms with Crippen LogP contribution in [0, 0.1) is 6.92 Å². The van der Waals surface area contributed by atoms with Crippen molar-refractivity contribution < 1.29 is 4.79 Å². The van der Waals surface area contributed by atoms with Gasteiger partial charge in [-0.05, 0) is 19.1 Å². The van der Waals surface area contributed by atoms with E-state index in [-0.39, 0.29) is 5.56 Å². The maximum absolute atomic E-state index is 12.2. The molecule has 3 rings (SSSR count). The molecule has 7 heteroatoms. The fraction of sp³-hybridized carbons (Fsp3) is 0.0769. The Morgan fingerprint density at radius 2 is 2.20 bits per heavy atom. The van der Waals surface area contributed by atoms with E-state index in [0.717, 1.165) is 5.56 Å². The van der Waals surface area contributed by atoms with Crippen LogP contribution < -0.4 is 10.9 Å². The summed E-state index contributed by atoms with van der Waals surface area (Å²) in [6.07, 6.45) is 4.43. The van der Waals surface area contributed by atoms with E-state index in [2.05, 4.69) is 20.5 Å². The first-order chi connectivity index (χ1) is 9.66. The lowest BCUT2D eigenvalue weighted by atomic mass is 10.3. The van der Waals surface area contributed by atoms with Crippen LogP contribution in [0.15, 0.2) is 41.6 Å². The first kappa shape index (κ1) is 12.1. The molecule has 0 aliphatic carbocycles. The van der Waals surface area contributed by atoms with Crippen LogP contribution in [0.25, 0.3) is 5.65 Å². The summed E-state index contributed by atoms with van der Waals surface area (Å²) in [6, 6.07) is 5.18.